The van der Waals surface area contributed by atoms with Gasteiger partial charge in [0.1, 0.15) is 5.69 Å². The van der Waals surface area contributed by atoms with Gasteiger partial charge in [-0.1, -0.05) is 0 Å². The Morgan fingerprint density at radius 1 is 1.30 bits per heavy atom. The number of nitrogens with zero attached hydrogens (tertiary/aromatic N) is 2. The lowest BCUT2D eigenvalue weighted by Crippen LogP contribution is -2.15. The van der Waals surface area contributed by atoms with Crippen molar-refractivity contribution in [2.45, 2.75) is 4.90 Å². The summed E-state index contributed by atoms with van der Waals surface area (Å²) in [5.41, 5.74) is 0.544. The van der Waals surface area contributed by atoms with Gasteiger partial charge in [0.25, 0.3) is 5.91 Å². The summed E-state index contributed by atoms with van der Waals surface area (Å²) in [6.45, 7) is 0. The number of carbonyl (C=O) groups excluding carboxylic acids is 1. The average molecular weight is 357 g/mol. The van der Waals surface area contributed by atoms with Crippen LogP contribution < -0.4 is 10.5 Å². The SMILES string of the molecule is NS(=O)(=O)c1ccc(NC(=O)c2cnccn2)c(Br)c1. The van der Waals surface area contributed by atoms with E-state index < -0.39 is 15.9 Å². The van der Waals surface area contributed by atoms with Crippen LogP contribution in [-0.2, 0) is 10.0 Å². The molecule has 7 nitrogen and oxygen atoms in total. The standard InChI is InChI=1S/C11H9BrN4O3S/c12-8-5-7(20(13,18)19)1-2-9(8)16-11(17)10-6-14-3-4-15-10/h1-6H,(H,16,17)(H2,13,18,19). The predicted octanol–water partition coefficient (Wildman–Crippen LogP) is 1.14. The Kier molecular flexibility index (Phi) is 4.12. The predicted molar refractivity (Wildman–Crippen MR) is 75.5 cm³/mol. The van der Waals surface area contributed by atoms with Gasteiger partial charge in [-0.25, -0.2) is 18.5 Å². The molecule has 2 rings (SSSR count). The van der Waals surface area contributed by atoms with E-state index in [4.69, 9.17) is 5.14 Å². The largest absolute Gasteiger partial charge is 0.320 e. The molecule has 3 N–H and O–H groups in total. The second-order valence-corrected chi connectivity index (χ2v) is 6.15. The van der Waals surface area contributed by atoms with Crippen LogP contribution >= 0.6 is 15.9 Å². The molecular formula is C11H9BrN4O3S. The van der Waals surface area contributed by atoms with Gasteiger partial charge in [0.2, 0.25) is 10.0 Å². The van der Waals surface area contributed by atoms with Gasteiger partial charge in [0, 0.05) is 16.9 Å². The fraction of sp³-hybridized carbons (Fsp3) is 0. The summed E-state index contributed by atoms with van der Waals surface area (Å²) >= 11 is 3.17. The zero-order valence-corrected chi connectivity index (χ0v) is 12.3. The molecule has 1 aromatic carbocycles. The van der Waals surface area contributed by atoms with Crippen molar-refractivity contribution in [3.8, 4) is 0 Å². The molecular weight excluding hydrogens is 348 g/mol. The van der Waals surface area contributed by atoms with Crippen LogP contribution in [-0.4, -0.2) is 24.3 Å². The fourth-order valence-corrected chi connectivity index (χ4v) is 2.55. The number of primary sulfonamides is 1. The molecule has 0 aliphatic carbocycles. The second-order valence-electron chi connectivity index (χ2n) is 3.73. The summed E-state index contributed by atoms with van der Waals surface area (Å²) in [5, 5.41) is 7.60. The monoisotopic (exact) mass is 356 g/mol. The number of nitrogens with one attached hydrogen (secondary N) is 1. The van der Waals surface area contributed by atoms with E-state index in [2.05, 4.69) is 31.2 Å². The minimum atomic E-state index is -3.79. The van der Waals surface area contributed by atoms with E-state index >= 15 is 0 Å². The number of amides is 1. The molecule has 0 fully saturated rings. The van der Waals surface area contributed by atoms with Crippen LogP contribution in [0.15, 0.2) is 46.2 Å². The highest BCUT2D eigenvalue weighted by Gasteiger charge is 2.13. The number of aromatic nitrogens is 2. The Morgan fingerprint density at radius 2 is 2.05 bits per heavy atom. The molecule has 0 radical (unpaired) electrons. The van der Waals surface area contributed by atoms with Crippen LogP contribution in [0.3, 0.4) is 0 Å². The van der Waals surface area contributed by atoms with Crippen molar-refractivity contribution in [2.75, 3.05) is 5.32 Å². The molecule has 1 aromatic heterocycles. The Balaban J connectivity index is 2.25. The van der Waals surface area contributed by atoms with Gasteiger partial charge in [-0.15, -0.1) is 0 Å². The fourth-order valence-electron chi connectivity index (χ4n) is 1.38. The van der Waals surface area contributed by atoms with Crippen molar-refractivity contribution in [3.05, 3.63) is 47.0 Å². The maximum atomic E-state index is 11.9. The molecule has 9 heteroatoms. The summed E-state index contributed by atoms with van der Waals surface area (Å²) in [4.78, 5) is 19.5. The van der Waals surface area contributed by atoms with E-state index in [1.807, 2.05) is 0 Å². The quantitative estimate of drug-likeness (QED) is 0.855. The molecule has 0 atom stereocenters. The van der Waals surface area contributed by atoms with E-state index in [9.17, 15) is 13.2 Å². The van der Waals surface area contributed by atoms with Crippen LogP contribution in [0, 0.1) is 0 Å². The smallest absolute Gasteiger partial charge is 0.275 e. The Bertz CT molecular complexity index is 750. The topological polar surface area (TPSA) is 115 Å². The first kappa shape index (κ1) is 14.6. The Hall–Kier alpha value is -1.84. The zero-order valence-electron chi connectivity index (χ0n) is 9.95. The molecule has 0 bridgehead atoms. The molecule has 0 aliphatic heterocycles. The highest BCUT2D eigenvalue weighted by atomic mass is 79.9. The minimum absolute atomic E-state index is 0.0538. The maximum Gasteiger partial charge on any atom is 0.275 e. The number of benzene rings is 1. The van der Waals surface area contributed by atoms with E-state index in [0.717, 1.165) is 0 Å². The highest BCUT2D eigenvalue weighted by Crippen LogP contribution is 2.25. The van der Waals surface area contributed by atoms with Gasteiger partial charge in [-0.3, -0.25) is 9.78 Å². The molecule has 0 spiro atoms. The maximum absolute atomic E-state index is 11.9. The molecule has 0 unspecified atom stereocenters. The molecule has 2 aromatic rings. The number of anilines is 1. The van der Waals surface area contributed by atoms with Crippen molar-refractivity contribution in [1.29, 1.82) is 0 Å². The van der Waals surface area contributed by atoms with Gasteiger partial charge in [-0.05, 0) is 34.1 Å². The van der Waals surface area contributed by atoms with Gasteiger partial charge >= 0.3 is 0 Å². The van der Waals surface area contributed by atoms with Gasteiger partial charge < -0.3 is 5.32 Å². The van der Waals surface area contributed by atoms with E-state index in [0.29, 0.717) is 10.2 Å². The van der Waals surface area contributed by atoms with Crippen molar-refractivity contribution in [1.82, 2.24) is 9.97 Å². The molecule has 104 valence electrons. The number of hydrogen-bond donors (Lipinski definition) is 2. The van der Waals surface area contributed by atoms with Crippen molar-refractivity contribution < 1.29 is 13.2 Å². The third-order valence-corrected chi connectivity index (χ3v) is 3.88. The normalized spacial score (nSPS) is 11.1. The number of sulfonamides is 1. The third-order valence-electron chi connectivity index (χ3n) is 2.31. The van der Waals surface area contributed by atoms with Crippen molar-refractivity contribution in [2.24, 2.45) is 5.14 Å². The average Bonchev–Trinajstić information content (AvgIpc) is 2.41. The van der Waals surface area contributed by atoms with E-state index in [-0.39, 0.29) is 10.6 Å². The van der Waals surface area contributed by atoms with Crippen molar-refractivity contribution in [3.63, 3.8) is 0 Å². The summed E-state index contributed by atoms with van der Waals surface area (Å²) in [6.07, 6.45) is 4.17. The second kappa shape index (κ2) is 5.65. The number of carbonyl (C=O) groups is 1. The lowest BCUT2D eigenvalue weighted by atomic mass is 10.3. The van der Waals surface area contributed by atoms with Gasteiger partial charge in [0.05, 0.1) is 16.8 Å². The van der Waals surface area contributed by atoms with E-state index in [1.54, 1.807) is 0 Å². The van der Waals surface area contributed by atoms with Crippen LogP contribution in [0.5, 0.6) is 0 Å². The minimum Gasteiger partial charge on any atom is -0.320 e. The van der Waals surface area contributed by atoms with Crippen LogP contribution in [0.4, 0.5) is 5.69 Å². The summed E-state index contributed by atoms with van der Waals surface area (Å²) in [5.74, 6) is -0.456. The summed E-state index contributed by atoms with van der Waals surface area (Å²) in [7, 11) is -3.79. The van der Waals surface area contributed by atoms with Crippen molar-refractivity contribution >= 4 is 37.5 Å². The van der Waals surface area contributed by atoms with Gasteiger partial charge in [0.15, 0.2) is 0 Å². The van der Waals surface area contributed by atoms with Crippen LogP contribution in [0.1, 0.15) is 10.5 Å². The molecule has 1 heterocycles. The summed E-state index contributed by atoms with van der Waals surface area (Å²) in [6, 6.07) is 4.03. The number of hydrogen-bond acceptors (Lipinski definition) is 5. The lowest BCUT2D eigenvalue weighted by molar-refractivity contribution is 0.102. The lowest BCUT2D eigenvalue weighted by Gasteiger charge is -2.08. The van der Waals surface area contributed by atoms with Crippen LogP contribution in [0.25, 0.3) is 0 Å². The Morgan fingerprint density at radius 3 is 2.60 bits per heavy atom. The first-order chi connectivity index (χ1) is 9.38. The number of rotatable bonds is 3. The highest BCUT2D eigenvalue weighted by molar-refractivity contribution is 9.10. The molecule has 1 amide bonds. The number of nitrogens with two attached hydrogens (primary N) is 1. The summed E-state index contributed by atoms with van der Waals surface area (Å²) < 4.78 is 22.8. The zero-order chi connectivity index (χ0) is 14.8. The molecule has 0 saturated heterocycles. The molecule has 0 saturated carbocycles. The van der Waals surface area contributed by atoms with Gasteiger partial charge in [-0.2, -0.15) is 0 Å². The van der Waals surface area contributed by atoms with Crippen LogP contribution in [0.2, 0.25) is 0 Å². The number of halogens is 1. The molecule has 0 aliphatic rings. The van der Waals surface area contributed by atoms with E-state index in [1.165, 1.54) is 36.8 Å². The Labute approximate surface area is 123 Å². The third kappa shape index (κ3) is 3.38. The molecule has 20 heavy (non-hydrogen) atoms. The first-order valence-electron chi connectivity index (χ1n) is 5.27. The first-order valence-corrected chi connectivity index (χ1v) is 7.61.